The van der Waals surface area contributed by atoms with Crippen LogP contribution in [0.15, 0.2) is 29.4 Å². The van der Waals surface area contributed by atoms with Gasteiger partial charge in [0.2, 0.25) is 0 Å². The van der Waals surface area contributed by atoms with Crippen LogP contribution in [0.1, 0.15) is 13.3 Å². The van der Waals surface area contributed by atoms with Crippen LogP contribution in [-0.4, -0.2) is 10.8 Å². The van der Waals surface area contributed by atoms with E-state index in [4.69, 9.17) is 29.1 Å². The molecule has 2 N–H and O–H groups in total. The molecule has 0 aliphatic heterocycles. The van der Waals surface area contributed by atoms with Gasteiger partial charge in [-0.25, -0.2) is 0 Å². The lowest BCUT2D eigenvalue weighted by Crippen LogP contribution is -2.24. The lowest BCUT2D eigenvalue weighted by molar-refractivity contribution is 1.03. The fourth-order valence-electron chi connectivity index (χ4n) is 0.992. The molecule has 1 aromatic rings. The Labute approximate surface area is 110 Å². The van der Waals surface area contributed by atoms with Crippen molar-refractivity contribution in [2.24, 2.45) is 5.10 Å². The Morgan fingerprint density at radius 2 is 2.12 bits per heavy atom. The van der Waals surface area contributed by atoms with Crippen molar-refractivity contribution in [3.05, 3.63) is 29.3 Å². The van der Waals surface area contributed by atoms with Crippen molar-refractivity contribution in [3.8, 4) is 6.07 Å². The third kappa shape index (κ3) is 5.29. The van der Waals surface area contributed by atoms with E-state index in [1.165, 1.54) is 0 Å². The van der Waals surface area contributed by atoms with Gasteiger partial charge in [-0.2, -0.15) is 10.4 Å². The molecule has 0 radical (unpaired) electrons. The van der Waals surface area contributed by atoms with Gasteiger partial charge in [0.25, 0.3) is 0 Å². The molecular formula is C11H11ClN4S. The number of anilines is 1. The SMILES string of the molecule is C/C(CC#N)=N\NC(=S)Nc1ccc(Cl)cc1. The van der Waals surface area contributed by atoms with Crippen LogP contribution in [0, 0.1) is 11.3 Å². The smallest absolute Gasteiger partial charge is 0.191 e. The van der Waals surface area contributed by atoms with E-state index in [0.29, 0.717) is 15.8 Å². The van der Waals surface area contributed by atoms with Crippen molar-refractivity contribution in [1.29, 1.82) is 5.26 Å². The van der Waals surface area contributed by atoms with Gasteiger partial charge in [-0.1, -0.05) is 11.6 Å². The van der Waals surface area contributed by atoms with Crippen LogP contribution in [0.3, 0.4) is 0 Å². The van der Waals surface area contributed by atoms with Crippen LogP contribution in [0.5, 0.6) is 0 Å². The van der Waals surface area contributed by atoms with Gasteiger partial charge >= 0.3 is 0 Å². The van der Waals surface area contributed by atoms with Gasteiger partial charge in [-0.05, 0) is 43.4 Å². The van der Waals surface area contributed by atoms with Crippen LogP contribution in [0.25, 0.3) is 0 Å². The largest absolute Gasteiger partial charge is 0.331 e. The minimum atomic E-state index is 0.274. The first kappa shape index (κ1) is 13.4. The topological polar surface area (TPSA) is 60.2 Å². The van der Waals surface area contributed by atoms with Gasteiger partial charge in [-0.3, -0.25) is 5.43 Å². The fourth-order valence-corrected chi connectivity index (χ4v) is 1.28. The summed E-state index contributed by atoms with van der Waals surface area (Å²) in [7, 11) is 0. The van der Waals surface area contributed by atoms with Crippen molar-refractivity contribution in [1.82, 2.24) is 5.43 Å². The normalized spacial score (nSPS) is 10.5. The summed E-state index contributed by atoms with van der Waals surface area (Å²) in [5, 5.41) is 16.4. The number of benzene rings is 1. The number of nitriles is 1. The standard InChI is InChI=1S/C11H11ClN4S/c1-8(6-7-13)15-16-11(17)14-10-4-2-9(12)3-5-10/h2-5H,6H2,1H3,(H2,14,16,17)/b15-8+. The molecule has 0 saturated carbocycles. The Bertz CT molecular complexity index is 461. The van der Waals surface area contributed by atoms with Crippen LogP contribution in [0.4, 0.5) is 5.69 Å². The van der Waals surface area contributed by atoms with E-state index < -0.39 is 0 Å². The molecule has 1 aromatic carbocycles. The highest BCUT2D eigenvalue weighted by atomic mass is 35.5. The number of hydrogen-bond donors (Lipinski definition) is 2. The Kier molecular flexibility index (Phi) is 5.40. The third-order valence-electron chi connectivity index (χ3n) is 1.79. The van der Waals surface area contributed by atoms with E-state index in [1.54, 1.807) is 19.1 Å². The number of nitrogens with zero attached hydrogens (tertiary/aromatic N) is 2. The van der Waals surface area contributed by atoms with E-state index in [1.807, 2.05) is 18.2 Å². The molecule has 0 bridgehead atoms. The predicted molar refractivity (Wildman–Crippen MR) is 74.1 cm³/mol. The Morgan fingerprint density at radius 3 is 2.71 bits per heavy atom. The zero-order valence-corrected chi connectivity index (χ0v) is 10.8. The first-order chi connectivity index (χ1) is 8.11. The number of thiocarbonyl (C=S) groups is 1. The fraction of sp³-hybridized carbons (Fsp3) is 0.182. The molecule has 0 aliphatic rings. The van der Waals surface area contributed by atoms with E-state index in [9.17, 15) is 0 Å². The second kappa shape index (κ2) is 6.84. The minimum Gasteiger partial charge on any atom is -0.331 e. The monoisotopic (exact) mass is 266 g/mol. The maximum Gasteiger partial charge on any atom is 0.191 e. The Morgan fingerprint density at radius 1 is 1.47 bits per heavy atom. The molecule has 0 saturated heterocycles. The summed E-state index contributed by atoms with van der Waals surface area (Å²) in [6.07, 6.45) is 0.274. The van der Waals surface area contributed by atoms with Crippen molar-refractivity contribution in [3.63, 3.8) is 0 Å². The molecular weight excluding hydrogens is 256 g/mol. The summed E-state index contributed by atoms with van der Waals surface area (Å²) < 4.78 is 0. The molecule has 0 aromatic heterocycles. The molecule has 1 rings (SSSR count). The van der Waals surface area contributed by atoms with Gasteiger partial charge in [0.15, 0.2) is 5.11 Å². The summed E-state index contributed by atoms with van der Waals surface area (Å²) in [5.74, 6) is 0. The van der Waals surface area contributed by atoms with Gasteiger partial charge in [-0.15, -0.1) is 0 Å². The Balaban J connectivity index is 2.48. The number of rotatable bonds is 3. The lowest BCUT2D eigenvalue weighted by Gasteiger charge is -2.07. The van der Waals surface area contributed by atoms with Gasteiger partial charge < -0.3 is 5.32 Å². The van der Waals surface area contributed by atoms with Crippen LogP contribution in [0.2, 0.25) is 5.02 Å². The van der Waals surface area contributed by atoms with Gasteiger partial charge in [0, 0.05) is 16.4 Å². The molecule has 6 heteroatoms. The van der Waals surface area contributed by atoms with Crippen LogP contribution in [-0.2, 0) is 0 Å². The average molecular weight is 267 g/mol. The van der Waals surface area contributed by atoms with Crippen molar-refractivity contribution in [2.45, 2.75) is 13.3 Å². The summed E-state index contributed by atoms with van der Waals surface area (Å²) in [6.45, 7) is 1.75. The molecule has 4 nitrogen and oxygen atoms in total. The van der Waals surface area contributed by atoms with Crippen molar-refractivity contribution < 1.29 is 0 Å². The number of hydrogen-bond acceptors (Lipinski definition) is 3. The van der Waals surface area contributed by atoms with E-state index >= 15 is 0 Å². The molecule has 0 unspecified atom stereocenters. The maximum atomic E-state index is 8.44. The second-order valence-electron chi connectivity index (χ2n) is 3.25. The molecule has 0 spiro atoms. The molecule has 0 heterocycles. The van der Waals surface area contributed by atoms with Crippen molar-refractivity contribution >= 4 is 40.3 Å². The maximum absolute atomic E-state index is 8.44. The van der Waals surface area contributed by atoms with Gasteiger partial charge in [0.05, 0.1) is 12.5 Å². The average Bonchev–Trinajstić information content (AvgIpc) is 2.30. The van der Waals surface area contributed by atoms with E-state index in [-0.39, 0.29) is 6.42 Å². The lowest BCUT2D eigenvalue weighted by atomic mass is 10.3. The summed E-state index contributed by atoms with van der Waals surface area (Å²) in [4.78, 5) is 0. The quantitative estimate of drug-likeness (QED) is 0.502. The second-order valence-corrected chi connectivity index (χ2v) is 4.10. The van der Waals surface area contributed by atoms with E-state index in [2.05, 4.69) is 15.8 Å². The molecule has 0 aliphatic carbocycles. The summed E-state index contributed by atoms with van der Waals surface area (Å²) in [6, 6.07) is 9.13. The molecule has 0 fully saturated rings. The summed E-state index contributed by atoms with van der Waals surface area (Å²) in [5.41, 5.74) is 4.15. The zero-order valence-electron chi connectivity index (χ0n) is 9.20. The first-order valence-electron chi connectivity index (χ1n) is 4.84. The number of nitrogens with one attached hydrogen (secondary N) is 2. The van der Waals surface area contributed by atoms with E-state index in [0.717, 1.165) is 5.69 Å². The molecule has 17 heavy (non-hydrogen) atoms. The van der Waals surface area contributed by atoms with Crippen LogP contribution >= 0.6 is 23.8 Å². The molecule has 88 valence electrons. The number of hydrazone groups is 1. The zero-order chi connectivity index (χ0) is 12.7. The minimum absolute atomic E-state index is 0.274. The summed E-state index contributed by atoms with van der Waals surface area (Å²) >= 11 is 10.8. The highest BCUT2D eigenvalue weighted by molar-refractivity contribution is 7.80. The van der Waals surface area contributed by atoms with Crippen molar-refractivity contribution in [2.75, 3.05) is 5.32 Å². The van der Waals surface area contributed by atoms with Gasteiger partial charge in [0.1, 0.15) is 0 Å². The Hall–Kier alpha value is -1.64. The highest BCUT2D eigenvalue weighted by Gasteiger charge is 1.96. The number of halogens is 1. The highest BCUT2D eigenvalue weighted by Crippen LogP contribution is 2.12. The first-order valence-corrected chi connectivity index (χ1v) is 5.63. The predicted octanol–water partition coefficient (Wildman–Crippen LogP) is 2.92. The molecule has 0 amide bonds. The third-order valence-corrected chi connectivity index (χ3v) is 2.23. The molecule has 0 atom stereocenters. The van der Waals surface area contributed by atoms with Crippen LogP contribution < -0.4 is 10.7 Å².